The number of pyridine rings is 1. The third kappa shape index (κ3) is 3.37. The second-order valence-electron chi connectivity index (χ2n) is 4.79. The Kier molecular flexibility index (Phi) is 4.19. The zero-order valence-corrected chi connectivity index (χ0v) is 11.9. The van der Waals surface area contributed by atoms with Crippen LogP contribution in [0.15, 0.2) is 36.4 Å². The normalized spacial score (nSPS) is 9.95. The minimum atomic E-state index is -0.943. The van der Waals surface area contributed by atoms with Gasteiger partial charge in [0.1, 0.15) is 11.9 Å². The number of nitriles is 1. The molecule has 0 aliphatic heterocycles. The van der Waals surface area contributed by atoms with E-state index in [4.69, 9.17) is 10.4 Å². The Morgan fingerprint density at radius 1 is 1.29 bits per heavy atom. The predicted molar refractivity (Wildman–Crippen MR) is 79.2 cm³/mol. The molecule has 0 bridgehead atoms. The van der Waals surface area contributed by atoms with E-state index in [1.165, 1.54) is 0 Å². The van der Waals surface area contributed by atoms with Gasteiger partial charge >= 0.3 is 5.97 Å². The van der Waals surface area contributed by atoms with E-state index in [0.29, 0.717) is 17.9 Å². The number of hydrogen-bond donors (Lipinski definition) is 1. The molecular formula is C16H15N3O2. The van der Waals surface area contributed by atoms with Crippen molar-refractivity contribution in [2.45, 2.75) is 13.5 Å². The number of carboxylic acids is 1. The first-order valence-electron chi connectivity index (χ1n) is 6.42. The fourth-order valence-electron chi connectivity index (χ4n) is 2.02. The standard InChI is InChI=1S/C16H15N3O2/c1-11-3-6-14(9-17)15(18-11)19(2)10-12-4-7-13(8-5-12)16(20)21/h3-8H,10H2,1-2H3,(H,20,21). The van der Waals surface area contributed by atoms with Crippen molar-refractivity contribution in [3.05, 3.63) is 58.8 Å². The number of rotatable bonds is 4. The van der Waals surface area contributed by atoms with Crippen molar-refractivity contribution in [3.63, 3.8) is 0 Å². The molecule has 2 aromatic rings. The molecule has 1 N–H and O–H groups in total. The average molecular weight is 281 g/mol. The summed E-state index contributed by atoms with van der Waals surface area (Å²) in [6.45, 7) is 2.42. The summed E-state index contributed by atoms with van der Waals surface area (Å²) in [5, 5.41) is 18.0. The van der Waals surface area contributed by atoms with Crippen molar-refractivity contribution in [1.29, 1.82) is 5.26 Å². The van der Waals surface area contributed by atoms with Crippen molar-refractivity contribution in [2.75, 3.05) is 11.9 Å². The molecule has 0 radical (unpaired) electrons. The Morgan fingerprint density at radius 2 is 1.95 bits per heavy atom. The molecule has 0 atom stereocenters. The van der Waals surface area contributed by atoms with Crippen LogP contribution in [0, 0.1) is 18.3 Å². The van der Waals surface area contributed by atoms with Crippen LogP contribution in [0.2, 0.25) is 0 Å². The number of aromatic nitrogens is 1. The minimum Gasteiger partial charge on any atom is -0.478 e. The number of carboxylic acid groups (broad SMARTS) is 1. The van der Waals surface area contributed by atoms with Crippen LogP contribution in [0.4, 0.5) is 5.82 Å². The monoisotopic (exact) mass is 281 g/mol. The Hall–Kier alpha value is -2.87. The molecule has 1 aromatic carbocycles. The van der Waals surface area contributed by atoms with Gasteiger partial charge in [-0.15, -0.1) is 0 Å². The number of anilines is 1. The SMILES string of the molecule is Cc1ccc(C#N)c(N(C)Cc2ccc(C(=O)O)cc2)n1. The van der Waals surface area contributed by atoms with E-state index >= 15 is 0 Å². The topological polar surface area (TPSA) is 77.2 Å². The van der Waals surface area contributed by atoms with Crippen LogP contribution in [0.3, 0.4) is 0 Å². The quantitative estimate of drug-likeness (QED) is 0.932. The molecular weight excluding hydrogens is 266 g/mol. The summed E-state index contributed by atoms with van der Waals surface area (Å²) in [4.78, 5) is 17.1. The summed E-state index contributed by atoms with van der Waals surface area (Å²) in [6, 6.07) is 12.4. The lowest BCUT2D eigenvalue weighted by Crippen LogP contribution is -2.19. The maximum atomic E-state index is 10.8. The Labute approximate surface area is 123 Å². The van der Waals surface area contributed by atoms with Crippen molar-refractivity contribution >= 4 is 11.8 Å². The van der Waals surface area contributed by atoms with Gasteiger partial charge in [-0.2, -0.15) is 5.26 Å². The van der Waals surface area contributed by atoms with Gasteiger partial charge in [0.15, 0.2) is 0 Å². The average Bonchev–Trinajstić information content (AvgIpc) is 2.47. The number of benzene rings is 1. The van der Waals surface area contributed by atoms with Crippen LogP contribution in [0.25, 0.3) is 0 Å². The summed E-state index contributed by atoms with van der Waals surface area (Å²) in [7, 11) is 1.85. The van der Waals surface area contributed by atoms with Gasteiger partial charge in [-0.1, -0.05) is 12.1 Å². The summed E-state index contributed by atoms with van der Waals surface area (Å²) in [5.74, 6) is -0.318. The van der Waals surface area contributed by atoms with E-state index in [2.05, 4.69) is 11.1 Å². The predicted octanol–water partition coefficient (Wildman–Crippen LogP) is 2.60. The molecule has 2 rings (SSSR count). The first-order chi connectivity index (χ1) is 10.0. The minimum absolute atomic E-state index is 0.257. The van der Waals surface area contributed by atoms with Gasteiger partial charge in [0.25, 0.3) is 0 Å². The fourth-order valence-corrected chi connectivity index (χ4v) is 2.02. The third-order valence-corrected chi connectivity index (χ3v) is 3.12. The molecule has 0 fully saturated rings. The zero-order valence-electron chi connectivity index (χ0n) is 11.9. The van der Waals surface area contributed by atoms with Crippen molar-refractivity contribution in [1.82, 2.24) is 4.98 Å². The molecule has 5 heteroatoms. The van der Waals surface area contributed by atoms with Gasteiger partial charge in [0, 0.05) is 19.3 Å². The Bertz CT molecular complexity index is 702. The number of aromatic carboxylic acids is 1. The second kappa shape index (κ2) is 6.06. The molecule has 0 aliphatic carbocycles. The molecule has 106 valence electrons. The van der Waals surface area contributed by atoms with E-state index in [1.54, 1.807) is 36.4 Å². The summed E-state index contributed by atoms with van der Waals surface area (Å²) < 4.78 is 0. The summed E-state index contributed by atoms with van der Waals surface area (Å²) in [5.41, 5.74) is 2.57. The van der Waals surface area contributed by atoms with Gasteiger partial charge in [0.2, 0.25) is 0 Å². The highest BCUT2D eigenvalue weighted by molar-refractivity contribution is 5.87. The van der Waals surface area contributed by atoms with Gasteiger partial charge in [0.05, 0.1) is 11.1 Å². The van der Waals surface area contributed by atoms with Crippen molar-refractivity contribution in [2.24, 2.45) is 0 Å². The molecule has 21 heavy (non-hydrogen) atoms. The number of hydrogen-bond acceptors (Lipinski definition) is 4. The van der Waals surface area contributed by atoms with E-state index in [1.807, 2.05) is 18.9 Å². The third-order valence-electron chi connectivity index (χ3n) is 3.12. The van der Waals surface area contributed by atoms with Crippen LogP contribution < -0.4 is 4.90 Å². The van der Waals surface area contributed by atoms with Crippen molar-refractivity contribution < 1.29 is 9.90 Å². The highest BCUT2D eigenvalue weighted by Gasteiger charge is 2.10. The van der Waals surface area contributed by atoms with E-state index < -0.39 is 5.97 Å². The molecule has 5 nitrogen and oxygen atoms in total. The lowest BCUT2D eigenvalue weighted by Gasteiger charge is -2.19. The number of aryl methyl sites for hydroxylation is 1. The molecule has 0 amide bonds. The molecule has 1 heterocycles. The van der Waals surface area contributed by atoms with Gasteiger partial charge in [-0.3, -0.25) is 0 Å². The molecule has 0 unspecified atom stereocenters. The molecule has 0 saturated heterocycles. The largest absolute Gasteiger partial charge is 0.478 e. The summed E-state index contributed by atoms with van der Waals surface area (Å²) in [6.07, 6.45) is 0. The fraction of sp³-hybridized carbons (Fsp3) is 0.188. The molecule has 0 spiro atoms. The smallest absolute Gasteiger partial charge is 0.335 e. The summed E-state index contributed by atoms with van der Waals surface area (Å²) >= 11 is 0. The van der Waals surface area contributed by atoms with Gasteiger partial charge < -0.3 is 10.0 Å². The van der Waals surface area contributed by atoms with E-state index in [0.717, 1.165) is 11.3 Å². The Morgan fingerprint density at radius 3 is 2.52 bits per heavy atom. The van der Waals surface area contributed by atoms with Gasteiger partial charge in [-0.25, -0.2) is 9.78 Å². The lowest BCUT2D eigenvalue weighted by atomic mass is 10.1. The maximum Gasteiger partial charge on any atom is 0.335 e. The highest BCUT2D eigenvalue weighted by atomic mass is 16.4. The van der Waals surface area contributed by atoms with E-state index in [-0.39, 0.29) is 5.56 Å². The molecule has 0 saturated carbocycles. The van der Waals surface area contributed by atoms with E-state index in [9.17, 15) is 4.79 Å². The van der Waals surface area contributed by atoms with Crippen LogP contribution in [-0.4, -0.2) is 23.1 Å². The van der Waals surface area contributed by atoms with Gasteiger partial charge in [-0.05, 0) is 36.8 Å². The highest BCUT2D eigenvalue weighted by Crippen LogP contribution is 2.18. The first kappa shape index (κ1) is 14.5. The maximum absolute atomic E-state index is 10.8. The number of carbonyl (C=O) groups is 1. The second-order valence-corrected chi connectivity index (χ2v) is 4.79. The Balaban J connectivity index is 2.22. The van der Waals surface area contributed by atoms with Crippen LogP contribution >= 0.6 is 0 Å². The van der Waals surface area contributed by atoms with Crippen LogP contribution in [-0.2, 0) is 6.54 Å². The first-order valence-corrected chi connectivity index (χ1v) is 6.42. The van der Waals surface area contributed by atoms with Crippen LogP contribution in [0.5, 0.6) is 0 Å². The molecule has 1 aromatic heterocycles. The lowest BCUT2D eigenvalue weighted by molar-refractivity contribution is 0.0697. The van der Waals surface area contributed by atoms with Crippen molar-refractivity contribution in [3.8, 4) is 6.07 Å². The van der Waals surface area contributed by atoms with Crippen LogP contribution in [0.1, 0.15) is 27.2 Å². The number of nitrogens with zero attached hydrogens (tertiary/aromatic N) is 3. The molecule has 0 aliphatic rings. The zero-order chi connectivity index (χ0) is 15.4.